The smallest absolute Gasteiger partial charge is 0.0684 e. The molecular formula is C90H70N4P2. The number of hydrogen-bond acceptors (Lipinski definition) is 4. The minimum atomic E-state index is 0.377. The van der Waals surface area contributed by atoms with Gasteiger partial charge in [-0.05, 0) is 197 Å². The molecule has 460 valence electrons. The summed E-state index contributed by atoms with van der Waals surface area (Å²) in [5.41, 5.74) is 27.6. The lowest BCUT2D eigenvalue weighted by atomic mass is 9.99. The lowest BCUT2D eigenvalue weighted by Gasteiger charge is -2.28. The third-order valence-corrected chi connectivity index (χ3v) is 18.7. The minimum absolute atomic E-state index is 0.377. The average molecular weight is 1270 g/mol. The van der Waals surface area contributed by atoms with Crippen molar-refractivity contribution in [1.29, 1.82) is 0 Å². The summed E-state index contributed by atoms with van der Waals surface area (Å²) in [6.45, 7) is 0. The normalized spacial score (nSPS) is 10.9. The fourth-order valence-electron chi connectivity index (χ4n) is 12.1. The van der Waals surface area contributed by atoms with E-state index in [2.05, 4.69) is 418 Å². The highest BCUT2D eigenvalue weighted by Crippen LogP contribution is 2.44. The maximum atomic E-state index is 3.81. The van der Waals surface area contributed by atoms with Crippen LogP contribution in [0.2, 0.25) is 0 Å². The summed E-state index contributed by atoms with van der Waals surface area (Å²) in [5, 5.41) is 13.6. The lowest BCUT2D eigenvalue weighted by Crippen LogP contribution is -2.13. The van der Waals surface area contributed by atoms with Crippen LogP contribution in [0.25, 0.3) is 89.0 Å². The average Bonchev–Trinajstić information content (AvgIpc) is 1.16. The quantitative estimate of drug-likeness (QED) is 0.0749. The van der Waals surface area contributed by atoms with E-state index in [0.717, 1.165) is 45.5 Å². The molecule has 3 N–H and O–H groups in total. The van der Waals surface area contributed by atoms with Crippen LogP contribution < -0.4 is 31.2 Å². The molecule has 6 heteroatoms. The van der Waals surface area contributed by atoms with Gasteiger partial charge in [0.25, 0.3) is 0 Å². The van der Waals surface area contributed by atoms with Gasteiger partial charge in [-0.25, -0.2) is 0 Å². The van der Waals surface area contributed by atoms with Gasteiger partial charge in [0.05, 0.1) is 22.7 Å². The molecule has 2 atom stereocenters. The number of nitrogens with zero attached hydrogens (tertiary/aromatic N) is 1. The molecule has 0 radical (unpaired) electrons. The molecule has 0 saturated carbocycles. The van der Waals surface area contributed by atoms with Gasteiger partial charge in [0.15, 0.2) is 0 Å². The molecule has 0 amide bonds. The fraction of sp³-hybridized carbons (Fsp3) is 0. The fourth-order valence-corrected chi connectivity index (χ4v) is 13.4. The van der Waals surface area contributed by atoms with Gasteiger partial charge >= 0.3 is 0 Å². The first-order chi connectivity index (χ1) is 47.4. The van der Waals surface area contributed by atoms with Crippen LogP contribution in [0.1, 0.15) is 0 Å². The third-order valence-electron chi connectivity index (χ3n) is 17.0. The first-order valence-corrected chi connectivity index (χ1v) is 33.9. The summed E-state index contributed by atoms with van der Waals surface area (Å²) < 4.78 is 2.44. The molecule has 0 aromatic heterocycles. The van der Waals surface area contributed by atoms with E-state index in [4.69, 9.17) is 0 Å². The highest BCUT2D eigenvalue weighted by molar-refractivity contribution is 7.49. The summed E-state index contributed by atoms with van der Waals surface area (Å²) in [7, 11) is 3.18. The Morgan fingerprint density at radius 2 is 0.469 bits per heavy atom. The zero-order chi connectivity index (χ0) is 64.7. The molecule has 0 aliphatic heterocycles. The Labute approximate surface area is 568 Å². The van der Waals surface area contributed by atoms with Crippen molar-refractivity contribution in [3.8, 4) is 89.0 Å². The van der Waals surface area contributed by atoms with Crippen LogP contribution in [-0.4, -0.2) is 0 Å². The molecule has 0 bridgehead atoms. The topological polar surface area (TPSA) is 39.3 Å². The number of anilines is 8. The van der Waals surface area contributed by atoms with E-state index >= 15 is 0 Å². The third kappa shape index (κ3) is 15.4. The summed E-state index contributed by atoms with van der Waals surface area (Å²) in [6, 6.07) is 138. The Bertz CT molecular complexity index is 4930. The first kappa shape index (κ1) is 61.8. The Hall–Kier alpha value is -11.6. The van der Waals surface area contributed by atoms with Crippen LogP contribution in [0.15, 0.2) is 388 Å². The van der Waals surface area contributed by atoms with Crippen molar-refractivity contribution in [2.45, 2.75) is 0 Å². The molecule has 0 fully saturated rings. The van der Waals surface area contributed by atoms with Crippen molar-refractivity contribution in [2.24, 2.45) is 0 Å². The highest BCUT2D eigenvalue weighted by Gasteiger charge is 2.18. The number of para-hydroxylation sites is 4. The van der Waals surface area contributed by atoms with Crippen molar-refractivity contribution in [3.63, 3.8) is 0 Å². The molecule has 15 rings (SSSR count). The lowest BCUT2D eigenvalue weighted by molar-refractivity contribution is 1.41. The maximum Gasteiger partial charge on any atom is 0.0684 e. The van der Waals surface area contributed by atoms with Gasteiger partial charge in [0.2, 0.25) is 0 Å². The summed E-state index contributed by atoms with van der Waals surface area (Å²) in [5.74, 6) is 0. The van der Waals surface area contributed by atoms with Gasteiger partial charge in [-0.1, -0.05) is 291 Å². The maximum absolute atomic E-state index is 3.81. The van der Waals surface area contributed by atoms with Crippen molar-refractivity contribution in [1.82, 2.24) is 0 Å². The molecule has 0 aliphatic carbocycles. The van der Waals surface area contributed by atoms with Gasteiger partial charge in [-0.15, -0.1) is 9.24 Å². The van der Waals surface area contributed by atoms with Gasteiger partial charge in [0, 0.05) is 31.5 Å². The summed E-state index contributed by atoms with van der Waals surface area (Å²) in [6.07, 6.45) is 0. The second kappa shape index (κ2) is 30.0. The standard InChI is InChI=1S/C48H38N2P2.C42H32N2/c51-45-27-29-46(30-28-45)52-50(44-24-12-22-42(34-44)40-20-10-18-38(32-40)36-15-5-2-6-16-36)48-26-8-7-25-47(48)49-43-23-11-21-41(33-43)39-19-9-17-37(31-39)35-13-3-1-4-14-35;1-3-13-31(14-4-1)33-17-9-19-35(27-33)37-21-11-23-39(29-37)43-41-25-7-8-26-42(41)44-40-24-12-22-38(30-40)36-20-10-18-34(28-36)32-15-5-2-6-16-32/h1-34,49,52H,51H2;1-30,43-44H. The van der Waals surface area contributed by atoms with Crippen LogP contribution in [0.4, 0.5) is 45.5 Å². The van der Waals surface area contributed by atoms with Crippen LogP contribution in [-0.2, 0) is 0 Å². The molecular weight excluding hydrogens is 1200 g/mol. The Morgan fingerprint density at radius 1 is 0.208 bits per heavy atom. The first-order valence-electron chi connectivity index (χ1n) is 32.4. The van der Waals surface area contributed by atoms with Crippen molar-refractivity contribution < 1.29 is 0 Å². The largest absolute Gasteiger partial charge is 0.354 e. The SMILES string of the molecule is Pc1ccc(PN(c2cccc(-c3cccc(-c4ccccc4)c3)c2)c2ccccc2Nc2cccc(-c3cccc(-c4ccccc4)c3)c2)cc1.c1ccc(-c2cccc(-c3cccc(Nc4ccccc4Nc4cccc(-c5cccc(-c6ccccc6)c5)c4)c3)c2)cc1. The Morgan fingerprint density at radius 3 is 0.833 bits per heavy atom. The second-order valence-corrected chi connectivity index (χ2v) is 25.5. The molecule has 0 spiro atoms. The number of benzene rings is 15. The summed E-state index contributed by atoms with van der Waals surface area (Å²) in [4.78, 5) is 0. The van der Waals surface area contributed by atoms with Gasteiger partial charge in [-0.2, -0.15) is 0 Å². The van der Waals surface area contributed by atoms with Crippen molar-refractivity contribution in [2.75, 3.05) is 20.6 Å². The molecule has 15 aromatic rings. The van der Waals surface area contributed by atoms with Crippen LogP contribution in [0.5, 0.6) is 0 Å². The molecule has 0 aliphatic rings. The minimum Gasteiger partial charge on any atom is -0.354 e. The second-order valence-electron chi connectivity index (χ2n) is 23.6. The number of hydrogen-bond donors (Lipinski definition) is 3. The molecule has 4 nitrogen and oxygen atoms in total. The van der Waals surface area contributed by atoms with E-state index in [9.17, 15) is 0 Å². The summed E-state index contributed by atoms with van der Waals surface area (Å²) >= 11 is 0. The molecule has 0 saturated heterocycles. The number of nitrogens with one attached hydrogen (secondary N) is 3. The van der Waals surface area contributed by atoms with Crippen LogP contribution >= 0.6 is 18.0 Å². The van der Waals surface area contributed by atoms with Gasteiger partial charge in [-0.3, -0.25) is 0 Å². The predicted molar refractivity (Wildman–Crippen MR) is 418 cm³/mol. The zero-order valence-electron chi connectivity index (χ0n) is 53.0. The monoisotopic (exact) mass is 1270 g/mol. The van der Waals surface area contributed by atoms with Crippen LogP contribution in [0, 0.1) is 0 Å². The molecule has 0 heterocycles. The number of rotatable bonds is 18. The zero-order valence-corrected chi connectivity index (χ0v) is 55.1. The Kier molecular flexibility index (Phi) is 19.3. The van der Waals surface area contributed by atoms with Gasteiger partial charge in [0.1, 0.15) is 0 Å². The van der Waals surface area contributed by atoms with E-state index in [1.54, 1.807) is 0 Å². The van der Waals surface area contributed by atoms with E-state index < -0.39 is 0 Å². The van der Waals surface area contributed by atoms with E-state index in [1.807, 2.05) is 0 Å². The predicted octanol–water partition coefficient (Wildman–Crippen LogP) is 24.5. The van der Waals surface area contributed by atoms with E-state index in [1.165, 1.54) is 99.6 Å². The van der Waals surface area contributed by atoms with Crippen molar-refractivity contribution >= 4 is 74.1 Å². The highest BCUT2D eigenvalue weighted by atomic mass is 31.1. The molecule has 2 unspecified atom stereocenters. The van der Waals surface area contributed by atoms with Crippen LogP contribution in [0.3, 0.4) is 0 Å². The van der Waals surface area contributed by atoms with E-state index in [0.29, 0.717) is 8.73 Å². The van der Waals surface area contributed by atoms with E-state index in [-0.39, 0.29) is 0 Å². The molecule has 96 heavy (non-hydrogen) atoms. The van der Waals surface area contributed by atoms with Gasteiger partial charge < -0.3 is 20.6 Å². The Balaban J connectivity index is 0.000000167. The van der Waals surface area contributed by atoms with Crippen molar-refractivity contribution in [3.05, 3.63) is 388 Å². The molecule has 15 aromatic carbocycles.